The summed E-state index contributed by atoms with van der Waals surface area (Å²) in [5, 5.41) is 0. The van der Waals surface area contributed by atoms with Crippen LogP contribution in [0.4, 0.5) is 13.2 Å². The lowest BCUT2D eigenvalue weighted by molar-refractivity contribution is -0.155. The zero-order valence-corrected chi connectivity index (χ0v) is 5.98. The van der Waals surface area contributed by atoms with Gasteiger partial charge in [0.05, 0.1) is 0 Å². The van der Waals surface area contributed by atoms with Crippen molar-refractivity contribution in [3.05, 3.63) is 12.7 Å². The number of carbonyl (C=O) groups is 1. The van der Waals surface area contributed by atoms with Gasteiger partial charge in [-0.25, -0.2) is 0 Å². The van der Waals surface area contributed by atoms with Gasteiger partial charge in [0.15, 0.2) is 0 Å². The lowest BCUT2D eigenvalue weighted by atomic mass is 10.5. The van der Waals surface area contributed by atoms with Gasteiger partial charge in [0.1, 0.15) is 6.54 Å². The third-order valence-corrected chi connectivity index (χ3v) is 0.967. The van der Waals surface area contributed by atoms with Crippen LogP contribution in [0.3, 0.4) is 0 Å². The Labute approximate surface area is 62.3 Å². The Bertz CT molecular complexity index is 164. The van der Waals surface area contributed by atoms with Gasteiger partial charge in [0.25, 0.3) is 0 Å². The number of halogens is 3. The lowest BCUT2D eigenvalue weighted by Crippen LogP contribution is -2.34. The van der Waals surface area contributed by atoms with E-state index >= 15 is 0 Å². The number of alkyl halides is 3. The van der Waals surface area contributed by atoms with E-state index in [4.69, 9.17) is 0 Å². The van der Waals surface area contributed by atoms with Gasteiger partial charge in [0, 0.05) is 7.05 Å². The molecule has 0 atom stereocenters. The van der Waals surface area contributed by atoms with Crippen LogP contribution in [0.25, 0.3) is 0 Å². The van der Waals surface area contributed by atoms with Crippen LogP contribution in [-0.2, 0) is 4.79 Å². The van der Waals surface area contributed by atoms with Gasteiger partial charge in [0.2, 0.25) is 5.91 Å². The summed E-state index contributed by atoms with van der Waals surface area (Å²) in [6.07, 6.45) is -3.50. The fraction of sp³-hybridized carbons (Fsp3) is 0.500. The molecule has 0 aromatic heterocycles. The molecule has 0 radical (unpaired) electrons. The molecule has 0 aliphatic rings. The zero-order chi connectivity index (χ0) is 9.07. The van der Waals surface area contributed by atoms with Crippen LogP contribution in [-0.4, -0.2) is 30.6 Å². The predicted octanol–water partition coefficient (Wildman–Crippen LogP) is 1.19. The summed E-state index contributed by atoms with van der Waals surface area (Å²) in [4.78, 5) is 11.0. The average molecular weight is 167 g/mol. The van der Waals surface area contributed by atoms with E-state index in [0.29, 0.717) is 4.90 Å². The Hall–Kier alpha value is -1.00. The highest BCUT2D eigenvalue weighted by Gasteiger charge is 2.30. The smallest absolute Gasteiger partial charge is 0.333 e. The summed E-state index contributed by atoms with van der Waals surface area (Å²) in [5.74, 6) is -0.734. The van der Waals surface area contributed by atoms with Gasteiger partial charge in [-0.1, -0.05) is 6.58 Å². The summed E-state index contributed by atoms with van der Waals surface area (Å²) in [7, 11) is 1.07. The van der Waals surface area contributed by atoms with Crippen molar-refractivity contribution in [3.63, 3.8) is 0 Å². The summed E-state index contributed by atoms with van der Waals surface area (Å²) in [5.41, 5.74) is 0. The second-order valence-corrected chi connectivity index (χ2v) is 2.01. The molecule has 0 bridgehead atoms. The van der Waals surface area contributed by atoms with E-state index in [1.807, 2.05) is 0 Å². The van der Waals surface area contributed by atoms with Gasteiger partial charge in [-0.3, -0.25) is 4.79 Å². The minimum absolute atomic E-state index is 0.549. The topological polar surface area (TPSA) is 20.3 Å². The van der Waals surface area contributed by atoms with Crippen LogP contribution in [0, 0.1) is 0 Å². The first-order valence-electron chi connectivity index (χ1n) is 2.81. The average Bonchev–Trinajstić information content (AvgIpc) is 1.82. The van der Waals surface area contributed by atoms with Crippen molar-refractivity contribution < 1.29 is 18.0 Å². The normalized spacial score (nSPS) is 10.9. The van der Waals surface area contributed by atoms with E-state index < -0.39 is 18.6 Å². The Morgan fingerprint density at radius 1 is 1.64 bits per heavy atom. The number of hydrogen-bond acceptors (Lipinski definition) is 1. The molecule has 5 heteroatoms. The fourth-order valence-electron chi connectivity index (χ4n) is 0.503. The highest BCUT2D eigenvalue weighted by atomic mass is 19.4. The highest BCUT2D eigenvalue weighted by molar-refractivity contribution is 5.86. The van der Waals surface area contributed by atoms with Crippen LogP contribution in [0.1, 0.15) is 0 Å². The number of amides is 1. The number of carbonyl (C=O) groups excluding carboxylic acids is 1. The van der Waals surface area contributed by atoms with Crippen LogP contribution in [0.2, 0.25) is 0 Å². The molecular weight excluding hydrogens is 159 g/mol. The first kappa shape index (κ1) is 10.0. The van der Waals surface area contributed by atoms with E-state index in [0.717, 1.165) is 13.1 Å². The van der Waals surface area contributed by atoms with E-state index in [1.54, 1.807) is 0 Å². The molecular formula is C6H8F3NO. The molecule has 0 spiro atoms. The van der Waals surface area contributed by atoms with Crippen molar-refractivity contribution in [2.75, 3.05) is 13.6 Å². The largest absolute Gasteiger partial charge is 0.406 e. The van der Waals surface area contributed by atoms with Gasteiger partial charge < -0.3 is 4.90 Å². The molecule has 64 valence electrons. The van der Waals surface area contributed by atoms with Crippen LogP contribution < -0.4 is 0 Å². The molecule has 0 rings (SSSR count). The second-order valence-electron chi connectivity index (χ2n) is 2.01. The molecule has 0 fully saturated rings. The lowest BCUT2D eigenvalue weighted by Gasteiger charge is -2.16. The van der Waals surface area contributed by atoms with Gasteiger partial charge in [-0.05, 0) is 6.08 Å². The van der Waals surface area contributed by atoms with Crippen LogP contribution in [0.15, 0.2) is 12.7 Å². The Kier molecular flexibility index (Phi) is 3.10. The van der Waals surface area contributed by atoms with Crippen molar-refractivity contribution in [1.29, 1.82) is 0 Å². The van der Waals surface area contributed by atoms with E-state index in [2.05, 4.69) is 6.58 Å². The predicted molar refractivity (Wildman–Crippen MR) is 33.9 cm³/mol. The molecule has 11 heavy (non-hydrogen) atoms. The number of nitrogens with zero attached hydrogens (tertiary/aromatic N) is 1. The van der Waals surface area contributed by atoms with E-state index in [1.165, 1.54) is 0 Å². The molecule has 0 heterocycles. The quantitative estimate of drug-likeness (QED) is 0.566. The van der Waals surface area contributed by atoms with Crippen molar-refractivity contribution in [2.45, 2.75) is 6.18 Å². The van der Waals surface area contributed by atoms with Crippen molar-refractivity contribution in [1.82, 2.24) is 4.90 Å². The van der Waals surface area contributed by atoms with Crippen LogP contribution in [0.5, 0.6) is 0 Å². The van der Waals surface area contributed by atoms with Gasteiger partial charge in [-0.15, -0.1) is 0 Å². The molecule has 0 aliphatic carbocycles. The van der Waals surface area contributed by atoms with Crippen molar-refractivity contribution >= 4 is 5.91 Å². The third-order valence-electron chi connectivity index (χ3n) is 0.967. The molecule has 0 N–H and O–H groups in total. The minimum Gasteiger partial charge on any atom is -0.333 e. The summed E-state index contributed by atoms with van der Waals surface area (Å²) in [6.45, 7) is 1.81. The van der Waals surface area contributed by atoms with Crippen LogP contribution >= 0.6 is 0 Å². The Morgan fingerprint density at radius 3 is 2.36 bits per heavy atom. The SMILES string of the molecule is C=CC(=O)N(C)CC(F)(F)F. The first-order chi connectivity index (χ1) is 4.87. The maximum Gasteiger partial charge on any atom is 0.406 e. The molecule has 0 aliphatic heterocycles. The monoisotopic (exact) mass is 167 g/mol. The van der Waals surface area contributed by atoms with Crippen molar-refractivity contribution in [2.24, 2.45) is 0 Å². The maximum atomic E-state index is 11.6. The molecule has 0 unspecified atom stereocenters. The molecule has 0 aromatic carbocycles. The third kappa shape index (κ3) is 4.41. The zero-order valence-electron chi connectivity index (χ0n) is 5.98. The number of rotatable bonds is 2. The van der Waals surface area contributed by atoms with Crippen molar-refractivity contribution in [3.8, 4) is 0 Å². The molecule has 2 nitrogen and oxygen atoms in total. The standard InChI is InChI=1S/C6H8F3NO/c1-3-5(11)10(2)4-6(7,8)9/h3H,1,4H2,2H3. The molecule has 0 saturated heterocycles. The molecule has 1 amide bonds. The summed E-state index contributed by atoms with van der Waals surface area (Å²) >= 11 is 0. The number of likely N-dealkylation sites (N-methyl/N-ethyl adjacent to an activating group) is 1. The minimum atomic E-state index is -4.34. The summed E-state index contributed by atoms with van der Waals surface area (Å²) < 4.78 is 34.7. The molecule has 0 aromatic rings. The Morgan fingerprint density at radius 2 is 2.09 bits per heavy atom. The number of hydrogen-bond donors (Lipinski definition) is 0. The van der Waals surface area contributed by atoms with E-state index in [9.17, 15) is 18.0 Å². The molecule has 0 saturated carbocycles. The maximum absolute atomic E-state index is 11.6. The fourth-order valence-corrected chi connectivity index (χ4v) is 0.503. The first-order valence-corrected chi connectivity index (χ1v) is 2.81. The van der Waals surface area contributed by atoms with E-state index in [-0.39, 0.29) is 0 Å². The second kappa shape index (κ2) is 3.41. The van der Waals surface area contributed by atoms with Gasteiger partial charge >= 0.3 is 6.18 Å². The highest BCUT2D eigenvalue weighted by Crippen LogP contribution is 2.15. The summed E-state index contributed by atoms with van der Waals surface area (Å²) in [6, 6.07) is 0. The van der Waals surface area contributed by atoms with Gasteiger partial charge in [-0.2, -0.15) is 13.2 Å². The Balaban J connectivity index is 3.97.